The predicted octanol–water partition coefficient (Wildman–Crippen LogP) is 5.09. The largest absolute Gasteiger partial charge is 0.404 e. The number of aromatic nitrogens is 3. The Labute approximate surface area is 191 Å². The third-order valence-corrected chi connectivity index (χ3v) is 6.28. The second kappa shape index (κ2) is 9.50. The van der Waals surface area contributed by atoms with E-state index >= 15 is 0 Å². The molecular weight excluding hydrogens is 465 g/mol. The Morgan fingerprint density at radius 3 is 2.22 bits per heavy atom. The third kappa shape index (κ3) is 6.23. The van der Waals surface area contributed by atoms with E-state index in [-0.39, 0.29) is 24.6 Å². The van der Waals surface area contributed by atoms with E-state index in [0.717, 1.165) is 9.87 Å². The van der Waals surface area contributed by atoms with Gasteiger partial charge >= 0.3 is 6.18 Å². The van der Waals surface area contributed by atoms with Gasteiger partial charge in [-0.15, -0.1) is 12.4 Å². The highest BCUT2D eigenvalue weighted by Crippen LogP contribution is 2.31. The first-order valence-electron chi connectivity index (χ1n) is 9.48. The Bertz CT molecular complexity index is 1130. The van der Waals surface area contributed by atoms with E-state index in [2.05, 4.69) is 15.2 Å². The second-order valence-electron chi connectivity index (χ2n) is 8.16. The number of halogens is 4. The first kappa shape index (κ1) is 25.7. The summed E-state index contributed by atoms with van der Waals surface area (Å²) < 4.78 is 65.4. The number of aromatic amines is 1. The van der Waals surface area contributed by atoms with Crippen LogP contribution in [0.1, 0.15) is 32.0 Å². The standard InChI is InChI=1S/C21H23F3N4O2S.ClH/c1-20(2,3)19-16(12-26-27-19)13-28(31(29,30)14-21(22,23)24)17-9-7-15(8-10-17)18-6-4-5-11-25-18;/h4-12H,13-14H2,1-3H3,(H,26,27);1H. The van der Waals surface area contributed by atoms with Crippen LogP contribution in [0.3, 0.4) is 0 Å². The van der Waals surface area contributed by atoms with Gasteiger partial charge in [0.05, 0.1) is 24.1 Å². The number of hydrogen-bond acceptors (Lipinski definition) is 4. The highest BCUT2D eigenvalue weighted by molar-refractivity contribution is 7.92. The van der Waals surface area contributed by atoms with E-state index < -0.39 is 27.4 Å². The number of alkyl halides is 3. The Hall–Kier alpha value is -2.59. The Balaban J connectivity index is 0.00000363. The maximum absolute atomic E-state index is 13.0. The fourth-order valence-corrected chi connectivity index (χ4v) is 4.55. The monoisotopic (exact) mass is 488 g/mol. The van der Waals surface area contributed by atoms with E-state index in [1.54, 1.807) is 30.5 Å². The van der Waals surface area contributed by atoms with Gasteiger partial charge in [0.1, 0.15) is 0 Å². The van der Waals surface area contributed by atoms with E-state index in [0.29, 0.717) is 17.0 Å². The normalized spacial score (nSPS) is 12.3. The van der Waals surface area contributed by atoms with Crippen LogP contribution in [0.15, 0.2) is 54.9 Å². The molecule has 0 radical (unpaired) electrons. The minimum atomic E-state index is -4.87. The van der Waals surface area contributed by atoms with Gasteiger partial charge in [-0.05, 0) is 24.3 Å². The molecule has 2 heterocycles. The van der Waals surface area contributed by atoms with Crippen molar-refractivity contribution in [2.45, 2.75) is 38.9 Å². The quantitative estimate of drug-likeness (QED) is 0.524. The van der Waals surface area contributed by atoms with Gasteiger partial charge in [0.2, 0.25) is 10.0 Å². The number of H-pyrrole nitrogens is 1. The molecule has 0 amide bonds. The lowest BCUT2D eigenvalue weighted by Gasteiger charge is -2.27. The van der Waals surface area contributed by atoms with Gasteiger partial charge in [-0.25, -0.2) is 8.42 Å². The van der Waals surface area contributed by atoms with Crippen molar-refractivity contribution in [2.75, 3.05) is 10.1 Å². The van der Waals surface area contributed by atoms with Gasteiger partial charge < -0.3 is 0 Å². The summed E-state index contributed by atoms with van der Waals surface area (Å²) in [6, 6.07) is 11.6. The minimum absolute atomic E-state index is 0. The van der Waals surface area contributed by atoms with Crippen molar-refractivity contribution in [3.8, 4) is 11.3 Å². The summed E-state index contributed by atoms with van der Waals surface area (Å²) in [5, 5.41) is 6.80. The number of rotatable bonds is 6. The summed E-state index contributed by atoms with van der Waals surface area (Å²) in [5.41, 5.74) is 2.29. The molecule has 1 aromatic carbocycles. The lowest BCUT2D eigenvalue weighted by atomic mass is 9.89. The molecule has 2 aromatic heterocycles. The zero-order valence-corrected chi connectivity index (χ0v) is 19.4. The van der Waals surface area contributed by atoms with Crippen molar-refractivity contribution in [1.82, 2.24) is 15.2 Å². The molecule has 0 aliphatic heterocycles. The molecule has 11 heteroatoms. The van der Waals surface area contributed by atoms with Crippen LogP contribution < -0.4 is 4.31 Å². The SMILES string of the molecule is CC(C)(C)c1[nH]ncc1CN(c1ccc(-c2ccccn2)cc1)S(=O)(=O)CC(F)(F)F.Cl. The molecule has 0 saturated carbocycles. The molecule has 0 unspecified atom stereocenters. The van der Waals surface area contributed by atoms with E-state index in [4.69, 9.17) is 0 Å². The van der Waals surface area contributed by atoms with Crippen molar-refractivity contribution in [3.05, 3.63) is 66.1 Å². The predicted molar refractivity (Wildman–Crippen MR) is 120 cm³/mol. The van der Waals surface area contributed by atoms with Gasteiger partial charge in [0.25, 0.3) is 0 Å². The first-order valence-corrected chi connectivity index (χ1v) is 11.1. The van der Waals surface area contributed by atoms with Crippen molar-refractivity contribution < 1.29 is 21.6 Å². The molecule has 3 rings (SSSR count). The number of anilines is 1. The summed E-state index contributed by atoms with van der Waals surface area (Å²) in [6.45, 7) is 5.44. The second-order valence-corrected chi connectivity index (χ2v) is 10.1. The molecule has 0 spiro atoms. The highest BCUT2D eigenvalue weighted by atomic mass is 35.5. The maximum Gasteiger partial charge on any atom is 0.404 e. The minimum Gasteiger partial charge on any atom is -0.282 e. The van der Waals surface area contributed by atoms with Gasteiger partial charge in [-0.3, -0.25) is 14.4 Å². The van der Waals surface area contributed by atoms with Gasteiger partial charge in [-0.1, -0.05) is 39.0 Å². The number of pyridine rings is 1. The first-order chi connectivity index (χ1) is 14.4. The van der Waals surface area contributed by atoms with Crippen LogP contribution in [0.25, 0.3) is 11.3 Å². The van der Waals surface area contributed by atoms with Gasteiger partial charge in [-0.2, -0.15) is 18.3 Å². The zero-order valence-electron chi connectivity index (χ0n) is 17.7. The Morgan fingerprint density at radius 2 is 1.69 bits per heavy atom. The van der Waals surface area contributed by atoms with Crippen LogP contribution in [0.2, 0.25) is 0 Å². The van der Waals surface area contributed by atoms with Gasteiger partial charge in [0.15, 0.2) is 5.75 Å². The topological polar surface area (TPSA) is 79.0 Å². The number of nitrogens with one attached hydrogen (secondary N) is 1. The summed E-state index contributed by atoms with van der Waals surface area (Å²) in [4.78, 5) is 4.23. The third-order valence-electron chi connectivity index (χ3n) is 4.58. The zero-order chi connectivity index (χ0) is 22.9. The lowest BCUT2D eigenvalue weighted by molar-refractivity contribution is -0.106. The molecule has 0 bridgehead atoms. The number of nitrogens with zero attached hydrogens (tertiary/aromatic N) is 3. The Morgan fingerprint density at radius 1 is 1.03 bits per heavy atom. The molecule has 0 saturated heterocycles. The van der Waals surface area contributed by atoms with E-state index in [9.17, 15) is 21.6 Å². The summed E-state index contributed by atoms with van der Waals surface area (Å²) >= 11 is 0. The number of benzene rings is 1. The molecule has 32 heavy (non-hydrogen) atoms. The van der Waals surface area contributed by atoms with E-state index in [1.165, 1.54) is 18.3 Å². The fourth-order valence-electron chi connectivity index (χ4n) is 3.20. The van der Waals surface area contributed by atoms with Crippen LogP contribution in [-0.4, -0.2) is 35.5 Å². The average molecular weight is 489 g/mol. The summed E-state index contributed by atoms with van der Waals surface area (Å²) in [6.07, 6.45) is -1.80. The summed E-state index contributed by atoms with van der Waals surface area (Å²) in [7, 11) is -4.70. The smallest absolute Gasteiger partial charge is 0.282 e. The lowest BCUT2D eigenvalue weighted by Crippen LogP contribution is -2.38. The molecule has 3 aromatic rings. The molecular formula is C21H24ClF3N4O2S. The molecule has 0 aliphatic carbocycles. The summed E-state index contributed by atoms with van der Waals surface area (Å²) in [5.74, 6) is -1.95. The van der Waals surface area contributed by atoms with Crippen molar-refractivity contribution in [3.63, 3.8) is 0 Å². The molecule has 1 N–H and O–H groups in total. The van der Waals surface area contributed by atoms with Crippen LogP contribution in [0.4, 0.5) is 18.9 Å². The van der Waals surface area contributed by atoms with Crippen LogP contribution >= 0.6 is 12.4 Å². The molecule has 0 fully saturated rings. The maximum atomic E-state index is 13.0. The molecule has 0 aliphatic rings. The molecule has 174 valence electrons. The molecule has 6 nitrogen and oxygen atoms in total. The fraction of sp³-hybridized carbons (Fsp3) is 0.333. The number of sulfonamides is 1. The number of hydrogen-bond donors (Lipinski definition) is 1. The van der Waals surface area contributed by atoms with Crippen molar-refractivity contribution in [2.24, 2.45) is 0 Å². The highest BCUT2D eigenvalue weighted by Gasteiger charge is 2.39. The van der Waals surface area contributed by atoms with Crippen molar-refractivity contribution >= 4 is 28.1 Å². The van der Waals surface area contributed by atoms with Crippen LogP contribution in [0.5, 0.6) is 0 Å². The van der Waals surface area contributed by atoms with Crippen LogP contribution in [-0.2, 0) is 22.0 Å². The van der Waals surface area contributed by atoms with Gasteiger partial charge in [0, 0.05) is 28.4 Å². The van der Waals surface area contributed by atoms with Crippen molar-refractivity contribution in [1.29, 1.82) is 0 Å². The average Bonchev–Trinajstić information content (AvgIpc) is 3.14. The Kier molecular flexibility index (Phi) is 7.62. The van der Waals surface area contributed by atoms with E-state index in [1.807, 2.05) is 26.8 Å². The van der Waals surface area contributed by atoms with Crippen LogP contribution in [0, 0.1) is 0 Å². The molecule has 0 atom stereocenters.